The van der Waals surface area contributed by atoms with Crippen molar-refractivity contribution in [1.82, 2.24) is 9.80 Å². The maximum atomic E-state index is 12.9. The third-order valence-corrected chi connectivity index (χ3v) is 4.69. The van der Waals surface area contributed by atoms with Crippen LogP contribution in [-0.4, -0.2) is 48.3 Å². The van der Waals surface area contributed by atoms with Gasteiger partial charge in [0.15, 0.2) is 0 Å². The van der Waals surface area contributed by atoms with Crippen LogP contribution in [0.3, 0.4) is 0 Å². The van der Waals surface area contributed by atoms with Crippen molar-refractivity contribution in [1.29, 1.82) is 0 Å². The van der Waals surface area contributed by atoms with Crippen LogP contribution in [0.25, 0.3) is 0 Å². The summed E-state index contributed by atoms with van der Waals surface area (Å²) in [6.45, 7) is 5.91. The highest BCUT2D eigenvalue weighted by molar-refractivity contribution is 5.94. The molecule has 0 aliphatic rings. The minimum atomic E-state index is -0.0275. The Morgan fingerprint density at radius 2 is 1.55 bits per heavy atom. The molecular weight excluding hydrogens is 386 g/mol. The molecule has 2 aromatic carbocycles. The lowest BCUT2D eigenvalue weighted by atomic mass is 10.1. The standard InChI is InChI=1S/C23H31N3O2.ClH/c1-18(2)22(27)25(3)17-20-9-11-21(12-10-20)23(28)26(16-14-24)15-13-19-7-5-4-6-8-19;/h4-12,18H,13-17,24H2,1-3H3;1H. The van der Waals surface area contributed by atoms with Crippen molar-refractivity contribution in [2.24, 2.45) is 11.7 Å². The number of hydrogen-bond donors (Lipinski definition) is 1. The van der Waals surface area contributed by atoms with Crippen LogP contribution < -0.4 is 5.73 Å². The van der Waals surface area contributed by atoms with Crippen molar-refractivity contribution in [3.05, 3.63) is 71.3 Å². The Balaban J connectivity index is 0.00000420. The van der Waals surface area contributed by atoms with Gasteiger partial charge in [-0.2, -0.15) is 0 Å². The van der Waals surface area contributed by atoms with Crippen LogP contribution in [0.15, 0.2) is 54.6 Å². The summed E-state index contributed by atoms with van der Waals surface area (Å²) in [4.78, 5) is 28.4. The Morgan fingerprint density at radius 1 is 0.931 bits per heavy atom. The molecule has 0 fully saturated rings. The zero-order chi connectivity index (χ0) is 20.5. The normalized spacial score (nSPS) is 10.4. The molecule has 0 aliphatic heterocycles. The lowest BCUT2D eigenvalue weighted by Gasteiger charge is -2.23. The summed E-state index contributed by atoms with van der Waals surface area (Å²) >= 11 is 0. The molecule has 2 aromatic rings. The van der Waals surface area contributed by atoms with E-state index in [9.17, 15) is 9.59 Å². The van der Waals surface area contributed by atoms with Gasteiger partial charge in [0.2, 0.25) is 5.91 Å². The molecule has 0 heterocycles. The van der Waals surface area contributed by atoms with Crippen LogP contribution in [0.1, 0.15) is 35.3 Å². The van der Waals surface area contributed by atoms with E-state index in [1.54, 1.807) is 16.8 Å². The topological polar surface area (TPSA) is 66.6 Å². The minimum Gasteiger partial charge on any atom is -0.341 e. The molecule has 0 saturated carbocycles. The maximum Gasteiger partial charge on any atom is 0.253 e. The number of carbonyl (C=O) groups is 2. The fourth-order valence-electron chi connectivity index (χ4n) is 3.11. The van der Waals surface area contributed by atoms with Crippen LogP contribution in [-0.2, 0) is 17.8 Å². The van der Waals surface area contributed by atoms with Gasteiger partial charge in [-0.25, -0.2) is 0 Å². The monoisotopic (exact) mass is 417 g/mol. The predicted molar refractivity (Wildman–Crippen MR) is 120 cm³/mol. The Bertz CT molecular complexity index is 763. The fraction of sp³-hybridized carbons (Fsp3) is 0.391. The largest absolute Gasteiger partial charge is 0.341 e. The summed E-state index contributed by atoms with van der Waals surface area (Å²) in [6.07, 6.45) is 0.798. The molecule has 2 amide bonds. The minimum absolute atomic E-state index is 0. The summed E-state index contributed by atoms with van der Waals surface area (Å²) < 4.78 is 0. The molecule has 29 heavy (non-hydrogen) atoms. The van der Waals surface area contributed by atoms with Crippen LogP contribution >= 0.6 is 12.4 Å². The maximum absolute atomic E-state index is 12.9. The van der Waals surface area contributed by atoms with Gasteiger partial charge < -0.3 is 15.5 Å². The lowest BCUT2D eigenvalue weighted by molar-refractivity contribution is -0.133. The van der Waals surface area contributed by atoms with Gasteiger partial charge in [0.25, 0.3) is 5.91 Å². The molecule has 2 N–H and O–H groups in total. The first kappa shape index (κ1) is 24.7. The van der Waals surface area contributed by atoms with Crippen LogP contribution in [0.2, 0.25) is 0 Å². The van der Waals surface area contributed by atoms with Gasteiger partial charge in [-0.15, -0.1) is 12.4 Å². The Kier molecular flexibility index (Phi) is 10.4. The molecule has 0 aliphatic carbocycles. The van der Waals surface area contributed by atoms with E-state index in [1.165, 1.54) is 5.56 Å². The van der Waals surface area contributed by atoms with Crippen LogP contribution in [0, 0.1) is 5.92 Å². The molecule has 0 aromatic heterocycles. The van der Waals surface area contributed by atoms with E-state index in [0.717, 1.165) is 12.0 Å². The van der Waals surface area contributed by atoms with E-state index in [0.29, 0.717) is 31.7 Å². The summed E-state index contributed by atoms with van der Waals surface area (Å²) in [5.74, 6) is 0.0648. The van der Waals surface area contributed by atoms with Crippen molar-refractivity contribution < 1.29 is 9.59 Å². The van der Waals surface area contributed by atoms with Crippen molar-refractivity contribution >= 4 is 24.2 Å². The van der Waals surface area contributed by atoms with Crippen molar-refractivity contribution in [3.63, 3.8) is 0 Å². The molecule has 0 radical (unpaired) electrons. The van der Waals surface area contributed by atoms with E-state index in [2.05, 4.69) is 12.1 Å². The van der Waals surface area contributed by atoms with Gasteiger partial charge in [0.1, 0.15) is 0 Å². The number of carbonyl (C=O) groups excluding carboxylic acids is 2. The van der Waals surface area contributed by atoms with Crippen molar-refractivity contribution in [2.75, 3.05) is 26.7 Å². The van der Waals surface area contributed by atoms with E-state index in [-0.39, 0.29) is 30.1 Å². The molecule has 0 saturated heterocycles. The summed E-state index contributed by atoms with van der Waals surface area (Å²) in [5.41, 5.74) is 8.56. The Labute approximate surface area is 180 Å². The molecule has 0 atom stereocenters. The number of nitrogens with zero attached hydrogens (tertiary/aromatic N) is 2. The zero-order valence-electron chi connectivity index (χ0n) is 17.5. The van der Waals surface area contributed by atoms with Gasteiger partial charge in [-0.1, -0.05) is 56.3 Å². The SMILES string of the molecule is CC(C)C(=O)N(C)Cc1ccc(C(=O)N(CCN)CCc2ccccc2)cc1.Cl. The van der Waals surface area contributed by atoms with Crippen molar-refractivity contribution in [3.8, 4) is 0 Å². The van der Waals surface area contributed by atoms with E-state index in [4.69, 9.17) is 5.73 Å². The van der Waals surface area contributed by atoms with Crippen LogP contribution in [0.5, 0.6) is 0 Å². The number of nitrogens with two attached hydrogens (primary N) is 1. The summed E-state index contributed by atoms with van der Waals surface area (Å²) in [5, 5.41) is 0. The molecule has 6 heteroatoms. The zero-order valence-corrected chi connectivity index (χ0v) is 18.3. The molecule has 158 valence electrons. The molecule has 2 rings (SSSR count). The average molecular weight is 418 g/mol. The van der Waals surface area contributed by atoms with Gasteiger partial charge in [0.05, 0.1) is 0 Å². The number of hydrogen-bond acceptors (Lipinski definition) is 3. The first-order chi connectivity index (χ1) is 13.4. The van der Waals surface area contributed by atoms with Crippen LogP contribution in [0.4, 0.5) is 0 Å². The van der Waals surface area contributed by atoms with E-state index in [1.807, 2.05) is 56.3 Å². The highest BCUT2D eigenvalue weighted by Gasteiger charge is 2.16. The molecule has 0 unspecified atom stereocenters. The number of benzene rings is 2. The Hall–Kier alpha value is -2.37. The quantitative estimate of drug-likeness (QED) is 0.680. The Morgan fingerprint density at radius 3 is 2.10 bits per heavy atom. The van der Waals surface area contributed by atoms with E-state index >= 15 is 0 Å². The number of amides is 2. The van der Waals surface area contributed by atoms with Gasteiger partial charge in [0, 0.05) is 44.7 Å². The predicted octanol–water partition coefficient (Wildman–Crippen LogP) is 3.37. The van der Waals surface area contributed by atoms with Gasteiger partial charge in [-0.05, 0) is 29.7 Å². The average Bonchev–Trinajstić information content (AvgIpc) is 2.71. The summed E-state index contributed by atoms with van der Waals surface area (Å²) in [6, 6.07) is 17.6. The first-order valence-electron chi connectivity index (χ1n) is 9.79. The number of rotatable bonds is 9. The number of halogens is 1. The van der Waals surface area contributed by atoms with Gasteiger partial charge in [-0.3, -0.25) is 9.59 Å². The lowest BCUT2D eigenvalue weighted by Crippen LogP contribution is -2.37. The second-order valence-corrected chi connectivity index (χ2v) is 7.36. The second kappa shape index (κ2) is 12.2. The molecular formula is C23H32ClN3O2. The first-order valence-corrected chi connectivity index (χ1v) is 9.79. The fourth-order valence-corrected chi connectivity index (χ4v) is 3.11. The molecule has 0 spiro atoms. The molecule has 5 nitrogen and oxygen atoms in total. The van der Waals surface area contributed by atoms with Crippen molar-refractivity contribution in [2.45, 2.75) is 26.8 Å². The smallest absolute Gasteiger partial charge is 0.253 e. The highest BCUT2D eigenvalue weighted by Crippen LogP contribution is 2.12. The third kappa shape index (κ3) is 7.52. The second-order valence-electron chi connectivity index (χ2n) is 7.36. The molecule has 0 bridgehead atoms. The van der Waals surface area contributed by atoms with Gasteiger partial charge >= 0.3 is 0 Å². The third-order valence-electron chi connectivity index (χ3n) is 4.69. The van der Waals surface area contributed by atoms with E-state index < -0.39 is 0 Å². The summed E-state index contributed by atoms with van der Waals surface area (Å²) in [7, 11) is 1.80. The highest BCUT2D eigenvalue weighted by atomic mass is 35.5.